The minimum atomic E-state index is 0.317. The lowest BCUT2D eigenvalue weighted by Gasteiger charge is -2.19. The van der Waals surface area contributed by atoms with Crippen molar-refractivity contribution in [2.24, 2.45) is 0 Å². The van der Waals surface area contributed by atoms with Gasteiger partial charge in [0.05, 0.1) is 12.6 Å². The predicted molar refractivity (Wildman–Crippen MR) is 87.2 cm³/mol. The quantitative estimate of drug-likeness (QED) is 0.601. The molecule has 0 saturated carbocycles. The molecule has 0 fully saturated rings. The second kappa shape index (κ2) is 10.9. The Hall–Kier alpha value is -0.860. The van der Waals surface area contributed by atoms with Crippen LogP contribution in [0.1, 0.15) is 63.6 Å². The van der Waals surface area contributed by atoms with E-state index in [9.17, 15) is 0 Å². The first kappa shape index (κ1) is 17.2. The molecule has 1 aromatic carbocycles. The van der Waals surface area contributed by atoms with Crippen molar-refractivity contribution in [2.75, 3.05) is 19.8 Å². The molecule has 0 spiro atoms. The second-order valence-corrected chi connectivity index (χ2v) is 5.38. The third kappa shape index (κ3) is 6.53. The van der Waals surface area contributed by atoms with E-state index < -0.39 is 0 Å². The molecule has 0 amide bonds. The summed E-state index contributed by atoms with van der Waals surface area (Å²) in [5.74, 6) is 0. The van der Waals surface area contributed by atoms with E-state index in [0.717, 1.165) is 19.8 Å². The Morgan fingerprint density at radius 2 is 1.75 bits per heavy atom. The molecule has 1 N–H and O–H groups in total. The Balaban J connectivity index is 2.47. The summed E-state index contributed by atoms with van der Waals surface area (Å²) in [5, 5.41) is 3.52. The zero-order chi connectivity index (χ0) is 14.6. The fourth-order valence-corrected chi connectivity index (χ4v) is 2.38. The standard InChI is InChI=1S/C18H31NO/c1-4-7-8-14-20-15-18(19-6-3)17-12-10-16(9-5-2)11-13-17/h10-13,18-19H,4-9,14-15H2,1-3H3. The van der Waals surface area contributed by atoms with E-state index in [-0.39, 0.29) is 0 Å². The lowest BCUT2D eigenvalue weighted by atomic mass is 10.0. The maximum Gasteiger partial charge on any atom is 0.0661 e. The van der Waals surface area contributed by atoms with Crippen LogP contribution in [0.4, 0.5) is 0 Å². The molecule has 0 aliphatic heterocycles. The average Bonchev–Trinajstić information content (AvgIpc) is 2.47. The van der Waals surface area contributed by atoms with Gasteiger partial charge in [0.15, 0.2) is 0 Å². The molecule has 20 heavy (non-hydrogen) atoms. The van der Waals surface area contributed by atoms with E-state index in [0.29, 0.717) is 6.04 Å². The lowest BCUT2D eigenvalue weighted by Crippen LogP contribution is -2.25. The van der Waals surface area contributed by atoms with E-state index in [4.69, 9.17) is 4.74 Å². The molecule has 0 bridgehead atoms. The number of benzene rings is 1. The molecule has 0 saturated heterocycles. The van der Waals surface area contributed by atoms with Crippen molar-refractivity contribution in [3.8, 4) is 0 Å². The van der Waals surface area contributed by atoms with Crippen LogP contribution in [0.3, 0.4) is 0 Å². The van der Waals surface area contributed by atoms with Gasteiger partial charge >= 0.3 is 0 Å². The zero-order valence-electron chi connectivity index (χ0n) is 13.5. The summed E-state index contributed by atoms with van der Waals surface area (Å²) in [6.07, 6.45) is 6.05. The Kier molecular flexibility index (Phi) is 9.35. The van der Waals surface area contributed by atoms with Crippen molar-refractivity contribution in [1.82, 2.24) is 5.32 Å². The van der Waals surface area contributed by atoms with Crippen LogP contribution < -0.4 is 5.32 Å². The number of hydrogen-bond donors (Lipinski definition) is 1. The summed E-state index contributed by atoms with van der Waals surface area (Å²) in [6, 6.07) is 9.31. The number of nitrogens with one attached hydrogen (secondary N) is 1. The molecule has 1 atom stereocenters. The lowest BCUT2D eigenvalue weighted by molar-refractivity contribution is 0.108. The molecule has 0 heterocycles. The van der Waals surface area contributed by atoms with Crippen molar-refractivity contribution >= 4 is 0 Å². The number of aryl methyl sites for hydroxylation is 1. The van der Waals surface area contributed by atoms with E-state index in [2.05, 4.69) is 50.4 Å². The molecule has 0 aliphatic carbocycles. The highest BCUT2D eigenvalue weighted by molar-refractivity contribution is 5.25. The highest BCUT2D eigenvalue weighted by Crippen LogP contribution is 2.15. The highest BCUT2D eigenvalue weighted by atomic mass is 16.5. The number of hydrogen-bond acceptors (Lipinski definition) is 2. The summed E-state index contributed by atoms with van der Waals surface area (Å²) in [7, 11) is 0. The summed E-state index contributed by atoms with van der Waals surface area (Å²) >= 11 is 0. The first-order valence-electron chi connectivity index (χ1n) is 8.21. The van der Waals surface area contributed by atoms with Crippen LogP contribution in [0, 0.1) is 0 Å². The fraction of sp³-hybridized carbons (Fsp3) is 0.667. The van der Waals surface area contributed by atoms with Gasteiger partial charge < -0.3 is 10.1 Å². The van der Waals surface area contributed by atoms with Gasteiger partial charge in [-0.1, -0.05) is 64.3 Å². The Morgan fingerprint density at radius 3 is 2.35 bits per heavy atom. The molecule has 2 heteroatoms. The molecule has 0 radical (unpaired) electrons. The van der Waals surface area contributed by atoms with Crippen LogP contribution in [0.5, 0.6) is 0 Å². The largest absolute Gasteiger partial charge is 0.379 e. The molecule has 0 aromatic heterocycles. The van der Waals surface area contributed by atoms with Gasteiger partial charge in [-0.05, 0) is 30.5 Å². The normalized spacial score (nSPS) is 12.6. The maximum atomic E-state index is 5.82. The van der Waals surface area contributed by atoms with Crippen LogP contribution in [-0.4, -0.2) is 19.8 Å². The molecular formula is C18H31NO. The van der Waals surface area contributed by atoms with Crippen molar-refractivity contribution in [1.29, 1.82) is 0 Å². The van der Waals surface area contributed by atoms with Crippen molar-refractivity contribution < 1.29 is 4.74 Å². The minimum absolute atomic E-state index is 0.317. The van der Waals surface area contributed by atoms with E-state index >= 15 is 0 Å². The van der Waals surface area contributed by atoms with Crippen LogP contribution in [0.15, 0.2) is 24.3 Å². The first-order valence-corrected chi connectivity index (χ1v) is 8.21. The minimum Gasteiger partial charge on any atom is -0.379 e. The van der Waals surface area contributed by atoms with E-state index in [1.165, 1.54) is 43.2 Å². The first-order chi connectivity index (χ1) is 9.81. The van der Waals surface area contributed by atoms with Gasteiger partial charge in [0.25, 0.3) is 0 Å². The Morgan fingerprint density at radius 1 is 1.00 bits per heavy atom. The highest BCUT2D eigenvalue weighted by Gasteiger charge is 2.10. The van der Waals surface area contributed by atoms with Crippen molar-refractivity contribution in [3.05, 3.63) is 35.4 Å². The number of rotatable bonds is 11. The molecule has 1 rings (SSSR count). The van der Waals surface area contributed by atoms with Crippen LogP contribution >= 0.6 is 0 Å². The molecule has 114 valence electrons. The molecule has 0 aliphatic rings. The topological polar surface area (TPSA) is 21.3 Å². The van der Waals surface area contributed by atoms with Gasteiger partial charge in [0.1, 0.15) is 0 Å². The third-order valence-electron chi connectivity index (χ3n) is 3.55. The Bertz CT molecular complexity index is 334. The molecule has 2 nitrogen and oxygen atoms in total. The summed E-state index contributed by atoms with van der Waals surface area (Å²) < 4.78 is 5.82. The van der Waals surface area contributed by atoms with Gasteiger partial charge in [0, 0.05) is 6.61 Å². The summed E-state index contributed by atoms with van der Waals surface area (Å²) in [5.41, 5.74) is 2.76. The van der Waals surface area contributed by atoms with Gasteiger partial charge in [-0.25, -0.2) is 0 Å². The summed E-state index contributed by atoms with van der Waals surface area (Å²) in [4.78, 5) is 0. The number of likely N-dealkylation sites (N-methyl/N-ethyl adjacent to an activating group) is 1. The zero-order valence-corrected chi connectivity index (χ0v) is 13.5. The number of unbranched alkanes of at least 4 members (excludes halogenated alkanes) is 2. The van der Waals surface area contributed by atoms with Gasteiger partial charge in [-0.15, -0.1) is 0 Å². The monoisotopic (exact) mass is 277 g/mol. The van der Waals surface area contributed by atoms with Crippen molar-refractivity contribution in [2.45, 2.75) is 58.9 Å². The molecular weight excluding hydrogens is 246 g/mol. The predicted octanol–water partition coefficient (Wildman–Crippen LogP) is 4.50. The third-order valence-corrected chi connectivity index (χ3v) is 3.55. The molecule has 1 unspecified atom stereocenters. The van der Waals surface area contributed by atoms with Crippen LogP contribution in [-0.2, 0) is 11.2 Å². The second-order valence-electron chi connectivity index (χ2n) is 5.38. The smallest absolute Gasteiger partial charge is 0.0661 e. The maximum absolute atomic E-state index is 5.82. The van der Waals surface area contributed by atoms with Crippen LogP contribution in [0.25, 0.3) is 0 Å². The van der Waals surface area contributed by atoms with Gasteiger partial charge in [-0.3, -0.25) is 0 Å². The SMILES string of the molecule is CCCCCOCC(NCC)c1ccc(CCC)cc1. The van der Waals surface area contributed by atoms with Crippen molar-refractivity contribution in [3.63, 3.8) is 0 Å². The number of ether oxygens (including phenoxy) is 1. The van der Waals surface area contributed by atoms with E-state index in [1.807, 2.05) is 0 Å². The van der Waals surface area contributed by atoms with E-state index in [1.54, 1.807) is 0 Å². The van der Waals surface area contributed by atoms with Crippen LogP contribution in [0.2, 0.25) is 0 Å². The van der Waals surface area contributed by atoms with Gasteiger partial charge in [-0.2, -0.15) is 0 Å². The molecule has 1 aromatic rings. The Labute approximate surface area is 124 Å². The average molecular weight is 277 g/mol. The summed E-state index contributed by atoms with van der Waals surface area (Å²) in [6.45, 7) is 9.21. The van der Waals surface area contributed by atoms with Gasteiger partial charge in [0.2, 0.25) is 0 Å². The fourth-order valence-electron chi connectivity index (χ4n) is 2.38.